The fraction of sp³-hybridized carbons (Fsp3) is 0.429. The van der Waals surface area contributed by atoms with Crippen molar-refractivity contribution in [1.82, 2.24) is 0 Å². The Bertz CT molecular complexity index is 537. The maximum Gasteiger partial charge on any atom is 0.379 e. The van der Waals surface area contributed by atoms with Crippen molar-refractivity contribution >= 4 is 23.4 Å². The van der Waals surface area contributed by atoms with Gasteiger partial charge >= 0.3 is 5.97 Å². The number of fused-ring (bicyclic) bond motifs is 1. The number of hydrogen-bond donors (Lipinski definition) is 0. The molecule has 0 bridgehead atoms. The van der Waals surface area contributed by atoms with Crippen LogP contribution in [0.2, 0.25) is 5.02 Å². The van der Waals surface area contributed by atoms with E-state index in [0.717, 1.165) is 24.0 Å². The summed E-state index contributed by atoms with van der Waals surface area (Å²) < 4.78 is 10.3. The van der Waals surface area contributed by atoms with Crippen LogP contribution in [-0.2, 0) is 16.0 Å². The van der Waals surface area contributed by atoms with Crippen LogP contribution in [0.25, 0.3) is 0 Å². The van der Waals surface area contributed by atoms with Gasteiger partial charge in [-0.1, -0.05) is 11.6 Å². The largest absolute Gasteiger partial charge is 0.492 e. The number of halogens is 1. The van der Waals surface area contributed by atoms with Crippen LogP contribution in [-0.4, -0.2) is 25.0 Å². The highest BCUT2D eigenvalue weighted by Gasteiger charge is 2.25. The normalized spacial score (nSPS) is 13.4. The van der Waals surface area contributed by atoms with E-state index in [1.807, 2.05) is 0 Å². The SMILES string of the molecule is CCOC(=O)C(=O)c1cc(Cl)c2c(c1C)CCCO2. The van der Waals surface area contributed by atoms with Crippen molar-refractivity contribution in [3.63, 3.8) is 0 Å². The van der Waals surface area contributed by atoms with E-state index < -0.39 is 11.8 Å². The Morgan fingerprint density at radius 2 is 2.21 bits per heavy atom. The topological polar surface area (TPSA) is 52.6 Å². The standard InChI is InChI=1S/C14H15ClO4/c1-3-18-14(17)12(16)10-7-11(15)13-9(8(10)2)5-4-6-19-13/h7H,3-6H2,1-2H3. The van der Waals surface area contributed by atoms with E-state index in [1.54, 1.807) is 13.8 Å². The first-order valence-electron chi connectivity index (χ1n) is 6.22. The van der Waals surface area contributed by atoms with E-state index in [4.69, 9.17) is 21.1 Å². The zero-order valence-corrected chi connectivity index (χ0v) is 11.7. The molecule has 0 unspecified atom stereocenters. The molecule has 1 aromatic rings. The molecule has 1 aromatic carbocycles. The van der Waals surface area contributed by atoms with Crippen molar-refractivity contribution in [2.24, 2.45) is 0 Å². The van der Waals surface area contributed by atoms with Crippen LogP contribution in [0.4, 0.5) is 0 Å². The monoisotopic (exact) mass is 282 g/mol. The lowest BCUT2D eigenvalue weighted by atomic mass is 9.94. The van der Waals surface area contributed by atoms with Crippen molar-refractivity contribution in [1.29, 1.82) is 0 Å². The van der Waals surface area contributed by atoms with Crippen LogP contribution in [0.1, 0.15) is 34.8 Å². The van der Waals surface area contributed by atoms with E-state index in [9.17, 15) is 9.59 Å². The molecule has 0 amide bonds. The number of benzene rings is 1. The first-order valence-corrected chi connectivity index (χ1v) is 6.60. The molecule has 5 heteroatoms. The number of ketones is 1. The number of esters is 1. The molecule has 0 atom stereocenters. The third-order valence-corrected chi connectivity index (χ3v) is 3.42. The molecule has 2 rings (SSSR count). The van der Waals surface area contributed by atoms with Crippen LogP contribution in [0, 0.1) is 6.92 Å². The van der Waals surface area contributed by atoms with Gasteiger partial charge in [0.15, 0.2) is 0 Å². The van der Waals surface area contributed by atoms with Crippen molar-refractivity contribution in [2.75, 3.05) is 13.2 Å². The van der Waals surface area contributed by atoms with Gasteiger partial charge in [0.25, 0.3) is 5.78 Å². The summed E-state index contributed by atoms with van der Waals surface area (Å²) in [6, 6.07) is 1.49. The molecule has 0 aliphatic carbocycles. The van der Waals surface area contributed by atoms with Gasteiger partial charge in [0.05, 0.1) is 18.2 Å². The molecule has 0 spiro atoms. The Balaban J connectivity index is 2.45. The third-order valence-electron chi connectivity index (χ3n) is 3.14. The number of ether oxygens (including phenoxy) is 2. The molecule has 1 heterocycles. The minimum Gasteiger partial charge on any atom is -0.492 e. The molecule has 19 heavy (non-hydrogen) atoms. The van der Waals surface area contributed by atoms with E-state index in [1.165, 1.54) is 6.07 Å². The Labute approximate surface area is 116 Å². The number of carbonyl (C=O) groups is 2. The van der Waals surface area contributed by atoms with Gasteiger partial charge in [0.2, 0.25) is 0 Å². The summed E-state index contributed by atoms with van der Waals surface area (Å²) in [5, 5.41) is 0.368. The quantitative estimate of drug-likeness (QED) is 0.486. The van der Waals surface area contributed by atoms with Gasteiger partial charge in [-0.05, 0) is 43.9 Å². The average Bonchev–Trinajstić information content (AvgIpc) is 2.42. The van der Waals surface area contributed by atoms with E-state index in [2.05, 4.69) is 0 Å². The lowest BCUT2D eigenvalue weighted by Gasteiger charge is -2.22. The predicted molar refractivity (Wildman–Crippen MR) is 71.0 cm³/mol. The fourth-order valence-electron chi connectivity index (χ4n) is 2.20. The average molecular weight is 283 g/mol. The third kappa shape index (κ3) is 2.59. The second-order valence-electron chi connectivity index (χ2n) is 4.34. The minimum atomic E-state index is -0.849. The van der Waals surface area contributed by atoms with Gasteiger partial charge in [0.1, 0.15) is 5.75 Å². The zero-order chi connectivity index (χ0) is 14.0. The van der Waals surface area contributed by atoms with Gasteiger partial charge in [-0.2, -0.15) is 0 Å². The second kappa shape index (κ2) is 5.61. The highest BCUT2D eigenvalue weighted by atomic mass is 35.5. The molecule has 1 aliphatic rings. The summed E-state index contributed by atoms with van der Waals surface area (Å²) in [5.41, 5.74) is 1.95. The lowest BCUT2D eigenvalue weighted by Crippen LogP contribution is -2.20. The Morgan fingerprint density at radius 1 is 1.47 bits per heavy atom. The molecular weight excluding hydrogens is 268 g/mol. The Kier molecular flexibility index (Phi) is 4.10. The Hall–Kier alpha value is -1.55. The van der Waals surface area contributed by atoms with Crippen LogP contribution >= 0.6 is 11.6 Å². The number of rotatable bonds is 3. The molecule has 4 nitrogen and oxygen atoms in total. The molecule has 0 saturated carbocycles. The number of Topliss-reactive ketones (excluding diaryl/α,β-unsaturated/α-hetero) is 1. The molecule has 0 fully saturated rings. The molecule has 0 saturated heterocycles. The molecule has 102 valence electrons. The highest BCUT2D eigenvalue weighted by Crippen LogP contribution is 2.37. The van der Waals surface area contributed by atoms with E-state index >= 15 is 0 Å². The first kappa shape index (κ1) is 13.9. The first-order chi connectivity index (χ1) is 9.06. The zero-order valence-electron chi connectivity index (χ0n) is 10.9. The van der Waals surface area contributed by atoms with Crippen LogP contribution in [0.5, 0.6) is 5.75 Å². The van der Waals surface area contributed by atoms with Crippen molar-refractivity contribution in [3.05, 3.63) is 27.8 Å². The van der Waals surface area contributed by atoms with Crippen molar-refractivity contribution in [2.45, 2.75) is 26.7 Å². The smallest absolute Gasteiger partial charge is 0.379 e. The summed E-state index contributed by atoms with van der Waals surface area (Å²) in [7, 11) is 0. The molecule has 0 radical (unpaired) electrons. The summed E-state index contributed by atoms with van der Waals surface area (Å²) >= 11 is 6.12. The summed E-state index contributed by atoms with van der Waals surface area (Å²) in [6.07, 6.45) is 1.67. The summed E-state index contributed by atoms with van der Waals surface area (Å²) in [6.45, 7) is 4.25. The van der Waals surface area contributed by atoms with Crippen LogP contribution in [0.3, 0.4) is 0 Å². The molecule has 0 N–H and O–H groups in total. The maximum absolute atomic E-state index is 12.0. The van der Waals surface area contributed by atoms with Gasteiger partial charge in [-0.3, -0.25) is 4.79 Å². The molecular formula is C14H15ClO4. The lowest BCUT2D eigenvalue weighted by molar-refractivity contribution is -0.137. The van der Waals surface area contributed by atoms with Gasteiger partial charge in [-0.25, -0.2) is 4.79 Å². The summed E-state index contributed by atoms with van der Waals surface area (Å²) in [4.78, 5) is 23.5. The second-order valence-corrected chi connectivity index (χ2v) is 4.75. The van der Waals surface area contributed by atoms with Crippen LogP contribution in [0.15, 0.2) is 6.07 Å². The minimum absolute atomic E-state index is 0.172. The van der Waals surface area contributed by atoms with Gasteiger partial charge < -0.3 is 9.47 Å². The van der Waals surface area contributed by atoms with E-state index in [0.29, 0.717) is 22.9 Å². The molecule has 0 aromatic heterocycles. The Morgan fingerprint density at radius 3 is 2.89 bits per heavy atom. The molecule has 1 aliphatic heterocycles. The fourth-order valence-corrected chi connectivity index (χ4v) is 2.48. The maximum atomic E-state index is 12.0. The predicted octanol–water partition coefficient (Wildman–Crippen LogP) is 2.72. The van der Waals surface area contributed by atoms with Crippen molar-refractivity contribution in [3.8, 4) is 5.75 Å². The van der Waals surface area contributed by atoms with Crippen molar-refractivity contribution < 1.29 is 19.1 Å². The highest BCUT2D eigenvalue weighted by molar-refractivity contribution is 6.42. The van der Waals surface area contributed by atoms with Gasteiger partial charge in [0, 0.05) is 5.56 Å². The van der Waals surface area contributed by atoms with Gasteiger partial charge in [-0.15, -0.1) is 0 Å². The van der Waals surface area contributed by atoms with E-state index in [-0.39, 0.29) is 6.61 Å². The number of carbonyl (C=O) groups excluding carboxylic acids is 2. The summed E-state index contributed by atoms with van der Waals surface area (Å²) in [5.74, 6) is -0.876. The van der Waals surface area contributed by atoms with Crippen LogP contribution < -0.4 is 4.74 Å². The number of hydrogen-bond acceptors (Lipinski definition) is 4.